The number of halogens is 1. The van der Waals surface area contributed by atoms with Crippen molar-refractivity contribution in [1.29, 1.82) is 0 Å². The average Bonchev–Trinajstić information content (AvgIpc) is 3.01. The van der Waals surface area contributed by atoms with Crippen molar-refractivity contribution in [2.75, 3.05) is 7.11 Å². The topological polar surface area (TPSA) is 27.1 Å². The van der Waals surface area contributed by atoms with Crippen molar-refractivity contribution in [1.82, 2.24) is 9.55 Å². The molecule has 124 valence electrons. The number of rotatable bonds is 4. The fourth-order valence-corrected chi connectivity index (χ4v) is 3.10. The quantitative estimate of drug-likeness (QED) is 0.492. The molecule has 3 aromatic carbocycles. The highest BCUT2D eigenvalue weighted by molar-refractivity contribution is 6.30. The third kappa shape index (κ3) is 3.11. The van der Waals surface area contributed by atoms with Crippen LogP contribution in [0.15, 0.2) is 72.8 Å². The van der Waals surface area contributed by atoms with Gasteiger partial charge < -0.3 is 9.30 Å². The molecule has 4 rings (SSSR count). The Labute approximate surface area is 151 Å². The second-order valence-corrected chi connectivity index (χ2v) is 6.31. The lowest BCUT2D eigenvalue weighted by atomic mass is 10.2. The van der Waals surface area contributed by atoms with Crippen molar-refractivity contribution in [3.63, 3.8) is 0 Å². The zero-order valence-electron chi connectivity index (χ0n) is 13.8. The van der Waals surface area contributed by atoms with Crippen LogP contribution < -0.4 is 4.74 Å². The van der Waals surface area contributed by atoms with Crippen LogP contribution in [-0.2, 0) is 6.54 Å². The number of ether oxygens (including phenoxy) is 1. The monoisotopic (exact) mass is 348 g/mol. The minimum atomic E-state index is 0.719. The Morgan fingerprint density at radius 1 is 0.960 bits per heavy atom. The number of aromatic nitrogens is 2. The minimum Gasteiger partial charge on any atom is -0.497 e. The van der Waals surface area contributed by atoms with E-state index in [2.05, 4.69) is 28.8 Å². The Morgan fingerprint density at radius 3 is 2.44 bits per heavy atom. The van der Waals surface area contributed by atoms with Crippen LogP contribution >= 0.6 is 11.6 Å². The third-order valence-corrected chi connectivity index (χ3v) is 4.49. The van der Waals surface area contributed by atoms with Crippen LogP contribution in [0.2, 0.25) is 5.02 Å². The van der Waals surface area contributed by atoms with Gasteiger partial charge in [-0.3, -0.25) is 0 Å². The van der Waals surface area contributed by atoms with Gasteiger partial charge in [-0.05, 0) is 42.0 Å². The molecule has 0 aliphatic rings. The maximum atomic E-state index is 6.04. The number of nitrogens with zero attached hydrogens (tertiary/aromatic N) is 2. The van der Waals surface area contributed by atoms with E-state index in [1.54, 1.807) is 7.11 Å². The number of methoxy groups -OCH3 is 1. The van der Waals surface area contributed by atoms with E-state index in [1.165, 1.54) is 5.56 Å². The van der Waals surface area contributed by atoms with E-state index in [9.17, 15) is 0 Å². The summed E-state index contributed by atoms with van der Waals surface area (Å²) in [7, 11) is 1.68. The van der Waals surface area contributed by atoms with E-state index in [0.717, 1.165) is 39.7 Å². The zero-order chi connectivity index (χ0) is 17.2. The van der Waals surface area contributed by atoms with Gasteiger partial charge in [0, 0.05) is 23.2 Å². The second kappa shape index (κ2) is 6.61. The summed E-state index contributed by atoms with van der Waals surface area (Å²) in [6, 6.07) is 24.1. The van der Waals surface area contributed by atoms with Crippen LogP contribution in [-0.4, -0.2) is 16.7 Å². The van der Waals surface area contributed by atoms with Crippen molar-refractivity contribution in [3.05, 3.63) is 83.4 Å². The van der Waals surface area contributed by atoms with Gasteiger partial charge in [0.1, 0.15) is 11.6 Å². The number of benzene rings is 3. The average molecular weight is 349 g/mol. The highest BCUT2D eigenvalue weighted by atomic mass is 35.5. The van der Waals surface area contributed by atoms with Gasteiger partial charge in [0.25, 0.3) is 0 Å². The SMILES string of the molecule is COc1ccc2nc(-c3ccc(Cl)cc3)n(Cc3ccccc3)c2c1. The summed E-state index contributed by atoms with van der Waals surface area (Å²) in [6.45, 7) is 0.739. The molecule has 1 aromatic heterocycles. The van der Waals surface area contributed by atoms with Crippen LogP contribution in [0.4, 0.5) is 0 Å². The molecule has 25 heavy (non-hydrogen) atoms. The van der Waals surface area contributed by atoms with Crippen molar-refractivity contribution < 1.29 is 4.74 Å². The lowest BCUT2D eigenvalue weighted by molar-refractivity contribution is 0.415. The molecule has 0 N–H and O–H groups in total. The van der Waals surface area contributed by atoms with Gasteiger partial charge in [-0.15, -0.1) is 0 Å². The molecule has 0 saturated carbocycles. The third-order valence-electron chi connectivity index (χ3n) is 4.24. The lowest BCUT2D eigenvalue weighted by Crippen LogP contribution is -2.02. The summed E-state index contributed by atoms with van der Waals surface area (Å²) in [5.41, 5.74) is 4.25. The molecule has 0 unspecified atom stereocenters. The number of fused-ring (bicyclic) bond motifs is 1. The van der Waals surface area contributed by atoms with E-state index >= 15 is 0 Å². The highest BCUT2D eigenvalue weighted by Gasteiger charge is 2.14. The van der Waals surface area contributed by atoms with Crippen LogP contribution in [0.25, 0.3) is 22.4 Å². The molecule has 4 heteroatoms. The molecule has 0 radical (unpaired) electrons. The van der Waals surface area contributed by atoms with Gasteiger partial charge in [-0.2, -0.15) is 0 Å². The predicted molar refractivity (Wildman–Crippen MR) is 102 cm³/mol. The predicted octanol–water partition coefficient (Wildman–Crippen LogP) is 5.41. The molecule has 1 heterocycles. The molecule has 0 saturated heterocycles. The molecule has 0 atom stereocenters. The summed E-state index contributed by atoms with van der Waals surface area (Å²) >= 11 is 6.04. The van der Waals surface area contributed by atoms with Crippen molar-refractivity contribution in [2.24, 2.45) is 0 Å². The van der Waals surface area contributed by atoms with Crippen LogP contribution in [0.5, 0.6) is 5.75 Å². The van der Waals surface area contributed by atoms with Crippen molar-refractivity contribution >= 4 is 22.6 Å². The summed E-state index contributed by atoms with van der Waals surface area (Å²) in [5, 5.41) is 0.719. The minimum absolute atomic E-state index is 0.719. The molecule has 0 spiro atoms. The molecule has 0 fully saturated rings. The Hall–Kier alpha value is -2.78. The smallest absolute Gasteiger partial charge is 0.141 e. The zero-order valence-corrected chi connectivity index (χ0v) is 14.6. The fourth-order valence-electron chi connectivity index (χ4n) is 2.97. The van der Waals surface area contributed by atoms with Crippen molar-refractivity contribution in [3.8, 4) is 17.1 Å². The first-order chi connectivity index (χ1) is 12.2. The first-order valence-corrected chi connectivity index (χ1v) is 8.46. The molecule has 4 aromatic rings. The Kier molecular flexibility index (Phi) is 4.16. The summed E-state index contributed by atoms with van der Waals surface area (Å²) in [5.74, 6) is 1.74. The van der Waals surface area contributed by atoms with E-state index in [0.29, 0.717) is 0 Å². The van der Waals surface area contributed by atoms with E-state index < -0.39 is 0 Å². The van der Waals surface area contributed by atoms with E-state index in [1.807, 2.05) is 48.5 Å². The molecule has 3 nitrogen and oxygen atoms in total. The number of hydrogen-bond acceptors (Lipinski definition) is 2. The van der Waals surface area contributed by atoms with Gasteiger partial charge in [0.15, 0.2) is 0 Å². The maximum Gasteiger partial charge on any atom is 0.141 e. The van der Waals surface area contributed by atoms with Gasteiger partial charge in [-0.25, -0.2) is 4.98 Å². The van der Waals surface area contributed by atoms with Crippen LogP contribution in [0.3, 0.4) is 0 Å². The first-order valence-electron chi connectivity index (χ1n) is 8.09. The highest BCUT2D eigenvalue weighted by Crippen LogP contribution is 2.29. The number of hydrogen-bond donors (Lipinski definition) is 0. The second-order valence-electron chi connectivity index (χ2n) is 5.87. The normalized spacial score (nSPS) is 11.0. The fraction of sp³-hybridized carbons (Fsp3) is 0.0952. The Bertz CT molecular complexity index is 1010. The summed E-state index contributed by atoms with van der Waals surface area (Å²) in [6.07, 6.45) is 0. The maximum absolute atomic E-state index is 6.04. The van der Waals surface area contributed by atoms with Gasteiger partial charge >= 0.3 is 0 Å². The molecular formula is C21H17ClN2O. The van der Waals surface area contributed by atoms with Crippen LogP contribution in [0, 0.1) is 0 Å². The van der Waals surface area contributed by atoms with Gasteiger partial charge in [-0.1, -0.05) is 41.9 Å². The van der Waals surface area contributed by atoms with E-state index in [-0.39, 0.29) is 0 Å². The van der Waals surface area contributed by atoms with Gasteiger partial charge in [0.05, 0.1) is 18.1 Å². The molecule has 0 aliphatic heterocycles. The summed E-state index contributed by atoms with van der Waals surface area (Å²) < 4.78 is 7.62. The first kappa shape index (κ1) is 15.7. The Morgan fingerprint density at radius 2 is 1.72 bits per heavy atom. The standard InChI is InChI=1S/C21H17ClN2O/c1-25-18-11-12-19-20(13-18)24(14-15-5-3-2-4-6-15)21(23-19)16-7-9-17(22)10-8-16/h2-13H,14H2,1H3. The van der Waals surface area contributed by atoms with E-state index in [4.69, 9.17) is 21.3 Å². The van der Waals surface area contributed by atoms with Crippen LogP contribution in [0.1, 0.15) is 5.56 Å². The largest absolute Gasteiger partial charge is 0.497 e. The molecule has 0 amide bonds. The lowest BCUT2D eigenvalue weighted by Gasteiger charge is -2.10. The molecule has 0 aliphatic carbocycles. The summed E-state index contributed by atoms with van der Waals surface area (Å²) in [4.78, 5) is 4.85. The number of imidazole rings is 1. The van der Waals surface area contributed by atoms with Gasteiger partial charge in [0.2, 0.25) is 0 Å². The molecular weight excluding hydrogens is 332 g/mol. The van der Waals surface area contributed by atoms with Crippen molar-refractivity contribution in [2.45, 2.75) is 6.54 Å². The Balaban J connectivity index is 1.91. The molecule has 0 bridgehead atoms.